The molecular formula is C33H38O9. The first-order chi connectivity index (χ1) is 19.8. The van der Waals surface area contributed by atoms with Crippen molar-refractivity contribution in [2.24, 2.45) is 11.3 Å². The first-order valence-electron chi connectivity index (χ1n) is 14.3. The molecular weight excluding hydrogens is 540 g/mol. The molecule has 2 aliphatic carbocycles. The molecule has 1 aliphatic heterocycles. The Morgan fingerprint density at radius 2 is 1.62 bits per heavy atom. The Bertz CT molecular complexity index is 1350. The predicted molar refractivity (Wildman–Crippen MR) is 152 cm³/mol. The molecule has 5 rings (SSSR count). The first-order valence-corrected chi connectivity index (χ1v) is 14.3. The lowest BCUT2D eigenvalue weighted by atomic mass is 9.47. The molecule has 7 unspecified atom stereocenters. The molecule has 42 heavy (non-hydrogen) atoms. The van der Waals surface area contributed by atoms with E-state index in [4.69, 9.17) is 18.9 Å². The Morgan fingerprint density at radius 3 is 2.26 bits per heavy atom. The highest BCUT2D eigenvalue weighted by molar-refractivity contribution is 5.89. The van der Waals surface area contributed by atoms with Crippen LogP contribution in [0.25, 0.3) is 6.08 Å². The summed E-state index contributed by atoms with van der Waals surface area (Å²) in [5, 5.41) is 24.0. The zero-order valence-corrected chi connectivity index (χ0v) is 24.3. The normalized spacial score (nSPS) is 34.8. The highest BCUT2D eigenvalue weighted by Crippen LogP contribution is 2.68. The number of aliphatic hydroxyl groups excluding tert-OH is 1. The second-order valence-electron chi connectivity index (χ2n) is 12.3. The number of carbonyl (C=O) groups excluding carboxylic acids is 3. The van der Waals surface area contributed by atoms with E-state index in [-0.39, 0.29) is 19.3 Å². The summed E-state index contributed by atoms with van der Waals surface area (Å²) in [6, 6.07) is 17.6. The summed E-state index contributed by atoms with van der Waals surface area (Å²) < 4.78 is 24.6. The molecule has 3 fully saturated rings. The molecule has 224 valence electrons. The van der Waals surface area contributed by atoms with Crippen LogP contribution >= 0.6 is 0 Å². The van der Waals surface area contributed by atoms with Gasteiger partial charge in [-0.2, -0.15) is 0 Å². The van der Waals surface area contributed by atoms with Crippen LogP contribution in [0.15, 0.2) is 66.7 Å². The monoisotopic (exact) mass is 578 g/mol. The number of hydrogen-bond acceptors (Lipinski definition) is 9. The van der Waals surface area contributed by atoms with E-state index >= 15 is 0 Å². The van der Waals surface area contributed by atoms with Crippen LogP contribution in [-0.4, -0.2) is 69.8 Å². The molecule has 9 heteroatoms. The van der Waals surface area contributed by atoms with Crippen LogP contribution in [0.4, 0.5) is 0 Å². The van der Waals surface area contributed by atoms with Crippen LogP contribution in [-0.2, 0) is 28.5 Å². The number of ether oxygens (including phenoxy) is 4. The van der Waals surface area contributed by atoms with Gasteiger partial charge in [-0.1, -0.05) is 48.5 Å². The Hall–Kier alpha value is -3.53. The number of benzene rings is 2. The van der Waals surface area contributed by atoms with Crippen LogP contribution < -0.4 is 0 Å². The van der Waals surface area contributed by atoms with E-state index in [1.807, 2.05) is 44.2 Å². The zero-order chi connectivity index (χ0) is 30.3. The molecule has 2 aromatic rings. The predicted octanol–water partition coefficient (Wildman–Crippen LogP) is 3.86. The maximum Gasteiger partial charge on any atom is 0.338 e. The lowest BCUT2D eigenvalue weighted by Crippen LogP contribution is -2.80. The largest absolute Gasteiger partial charge is 0.462 e. The Labute approximate surface area is 245 Å². The summed E-state index contributed by atoms with van der Waals surface area (Å²) in [7, 11) is 0. The third-order valence-corrected chi connectivity index (χ3v) is 9.35. The summed E-state index contributed by atoms with van der Waals surface area (Å²) in [4.78, 5) is 39.0. The summed E-state index contributed by atoms with van der Waals surface area (Å²) in [5.41, 5.74) is -5.00. The highest BCUT2D eigenvalue weighted by Gasteiger charge is 2.83. The highest BCUT2D eigenvalue weighted by atomic mass is 16.6. The van der Waals surface area contributed by atoms with Crippen molar-refractivity contribution in [3.8, 4) is 0 Å². The van der Waals surface area contributed by atoms with Gasteiger partial charge in [0.05, 0.1) is 22.9 Å². The average Bonchev–Trinajstić information content (AvgIpc) is 3.10. The van der Waals surface area contributed by atoms with Gasteiger partial charge in [0, 0.05) is 18.9 Å². The molecule has 0 radical (unpaired) electrons. The minimum absolute atomic E-state index is 0.119. The van der Waals surface area contributed by atoms with Crippen LogP contribution in [0.5, 0.6) is 0 Å². The van der Waals surface area contributed by atoms with Gasteiger partial charge in [0.2, 0.25) is 0 Å². The third-order valence-electron chi connectivity index (χ3n) is 9.35. The van der Waals surface area contributed by atoms with E-state index in [0.717, 1.165) is 5.56 Å². The average molecular weight is 579 g/mol. The molecule has 0 aromatic heterocycles. The molecule has 2 bridgehead atoms. The van der Waals surface area contributed by atoms with Gasteiger partial charge in [-0.25, -0.2) is 9.59 Å². The first kappa shape index (κ1) is 29.9. The summed E-state index contributed by atoms with van der Waals surface area (Å²) in [6.45, 7) is 5.98. The van der Waals surface area contributed by atoms with Crippen molar-refractivity contribution in [3.05, 3.63) is 77.9 Å². The topological polar surface area (TPSA) is 129 Å². The lowest BCUT2D eigenvalue weighted by Gasteiger charge is -2.64. The maximum absolute atomic E-state index is 13.5. The van der Waals surface area contributed by atoms with Crippen LogP contribution in [0.3, 0.4) is 0 Å². The van der Waals surface area contributed by atoms with Gasteiger partial charge in [0.25, 0.3) is 0 Å². The van der Waals surface area contributed by atoms with Crippen molar-refractivity contribution >= 4 is 24.0 Å². The fraction of sp³-hybridized carbons (Fsp3) is 0.485. The lowest BCUT2D eigenvalue weighted by molar-refractivity contribution is -0.339. The van der Waals surface area contributed by atoms with E-state index in [9.17, 15) is 24.6 Å². The van der Waals surface area contributed by atoms with Gasteiger partial charge in [0.15, 0.2) is 0 Å². The molecule has 7 atom stereocenters. The minimum Gasteiger partial charge on any atom is -0.462 e. The molecule has 1 saturated heterocycles. The molecule has 1 spiro atoms. The molecule has 3 aliphatic rings. The van der Waals surface area contributed by atoms with Gasteiger partial charge in [0.1, 0.15) is 29.8 Å². The van der Waals surface area contributed by atoms with Gasteiger partial charge in [-0.3, -0.25) is 4.79 Å². The van der Waals surface area contributed by atoms with E-state index in [0.29, 0.717) is 5.56 Å². The van der Waals surface area contributed by atoms with Gasteiger partial charge in [-0.15, -0.1) is 0 Å². The van der Waals surface area contributed by atoms with Crippen molar-refractivity contribution in [2.45, 2.75) is 82.1 Å². The quantitative estimate of drug-likeness (QED) is 0.286. The second-order valence-corrected chi connectivity index (χ2v) is 12.3. The van der Waals surface area contributed by atoms with E-state index in [2.05, 4.69) is 0 Å². The Morgan fingerprint density at radius 1 is 0.976 bits per heavy atom. The van der Waals surface area contributed by atoms with Crippen molar-refractivity contribution in [2.75, 3.05) is 6.61 Å². The van der Waals surface area contributed by atoms with E-state index in [1.165, 1.54) is 13.0 Å². The SMILES string of the molecule is CC(=O)OC1CCC(C)(O)C23OC(C)(C)C(CC(OC(=O)c4ccccc4)C12COC(=O)/C=C/c1ccccc1)C3O. The standard InChI is InChI=1S/C33H38O9/c1-21(34)40-25-17-18-31(4,38)33-28(36)24(30(2,3)42-33)19-26(41-29(37)23-13-9-6-10-14-23)32(25,33)20-39-27(35)16-15-22-11-7-5-8-12-22/h5-16,24-26,28,36,38H,17-20H2,1-4H3/b16-15+. The molecule has 2 saturated carbocycles. The summed E-state index contributed by atoms with van der Waals surface area (Å²) >= 11 is 0. The van der Waals surface area contributed by atoms with E-state index in [1.54, 1.807) is 43.3 Å². The van der Waals surface area contributed by atoms with Gasteiger partial charge < -0.3 is 29.2 Å². The number of fused-ring (bicyclic) bond motifs is 1. The number of aliphatic hydroxyl groups is 2. The number of esters is 3. The summed E-state index contributed by atoms with van der Waals surface area (Å²) in [5.74, 6) is -2.48. The smallest absolute Gasteiger partial charge is 0.338 e. The number of carbonyl (C=O) groups is 3. The fourth-order valence-corrected chi connectivity index (χ4v) is 7.46. The van der Waals surface area contributed by atoms with Crippen molar-refractivity contribution in [3.63, 3.8) is 0 Å². The van der Waals surface area contributed by atoms with Crippen molar-refractivity contribution < 1.29 is 43.5 Å². The number of rotatable bonds is 7. The van der Waals surface area contributed by atoms with E-state index < -0.39 is 71.0 Å². The second kappa shape index (κ2) is 10.9. The minimum atomic E-state index is -1.81. The number of hydrogen-bond donors (Lipinski definition) is 2. The maximum atomic E-state index is 13.5. The molecule has 9 nitrogen and oxygen atoms in total. The van der Waals surface area contributed by atoms with Crippen LogP contribution in [0.1, 0.15) is 62.9 Å². The molecule has 0 amide bonds. The van der Waals surface area contributed by atoms with Gasteiger partial charge >= 0.3 is 17.9 Å². The zero-order valence-electron chi connectivity index (χ0n) is 24.3. The van der Waals surface area contributed by atoms with Crippen molar-refractivity contribution in [1.29, 1.82) is 0 Å². The Balaban J connectivity index is 1.61. The third kappa shape index (κ3) is 4.83. The molecule has 1 heterocycles. The van der Waals surface area contributed by atoms with Crippen LogP contribution in [0.2, 0.25) is 0 Å². The van der Waals surface area contributed by atoms with Crippen molar-refractivity contribution in [1.82, 2.24) is 0 Å². The fourth-order valence-electron chi connectivity index (χ4n) is 7.46. The Kier molecular flexibility index (Phi) is 7.81. The molecule has 2 N–H and O–H groups in total. The molecule has 2 aromatic carbocycles. The summed E-state index contributed by atoms with van der Waals surface area (Å²) in [6.07, 6.45) is -0.0376. The van der Waals surface area contributed by atoms with Crippen LogP contribution in [0, 0.1) is 11.3 Å². The van der Waals surface area contributed by atoms with Gasteiger partial charge in [-0.05, 0) is 63.8 Å².